The van der Waals surface area contributed by atoms with Gasteiger partial charge in [-0.15, -0.1) is 17.0 Å². The summed E-state index contributed by atoms with van der Waals surface area (Å²) in [6.45, 7) is 1.90. The number of hydrogen-bond acceptors (Lipinski definition) is 4. The summed E-state index contributed by atoms with van der Waals surface area (Å²) in [5.41, 5.74) is 1.01. The van der Waals surface area contributed by atoms with Crippen LogP contribution in [0, 0.1) is 6.92 Å². The van der Waals surface area contributed by atoms with Gasteiger partial charge in [-0.2, -0.15) is 0 Å². The van der Waals surface area contributed by atoms with Crippen molar-refractivity contribution >= 4 is 48.0 Å². The zero-order valence-corrected chi connectivity index (χ0v) is 18.1. The van der Waals surface area contributed by atoms with Crippen LogP contribution in [0.25, 0.3) is 25.7 Å². The number of nitrogens with zero attached hydrogens (tertiary/aromatic N) is 2. The summed E-state index contributed by atoms with van der Waals surface area (Å²) in [4.78, 5) is 4.63. The van der Waals surface area contributed by atoms with Crippen LogP contribution in [-0.4, -0.2) is 13.4 Å². The molecule has 1 aromatic heterocycles. The number of benzene rings is 3. The number of aryl methyl sites for hydroxylation is 1. The summed E-state index contributed by atoms with van der Waals surface area (Å²) in [6.07, 6.45) is 0. The molecule has 4 aromatic rings. The monoisotopic (exact) mass is 417 g/mol. The van der Waals surface area contributed by atoms with E-state index in [0.29, 0.717) is 16.6 Å². The van der Waals surface area contributed by atoms with E-state index < -0.39 is 10.0 Å². The first-order valence-corrected chi connectivity index (χ1v) is 9.62. The van der Waals surface area contributed by atoms with E-state index in [9.17, 15) is 8.42 Å². The van der Waals surface area contributed by atoms with Crippen molar-refractivity contribution in [3.63, 3.8) is 0 Å². The van der Waals surface area contributed by atoms with Crippen LogP contribution in [0.1, 0.15) is 5.01 Å². The zero-order chi connectivity index (χ0) is 16.7. The molecule has 0 unspecified atom stereocenters. The maximum Gasteiger partial charge on any atom is 0.123 e. The predicted octanol–water partition coefficient (Wildman–Crippen LogP) is 5.15. The van der Waals surface area contributed by atoms with Crippen molar-refractivity contribution in [2.45, 2.75) is 11.8 Å². The van der Waals surface area contributed by atoms with Crippen molar-refractivity contribution in [1.82, 2.24) is 4.98 Å². The third kappa shape index (κ3) is 3.32. The average Bonchev–Trinajstić information content (AvgIpc) is 2.95. The molecule has 0 aliphatic rings. The second-order valence-electron chi connectivity index (χ2n) is 5.40. The summed E-state index contributed by atoms with van der Waals surface area (Å²) in [5.74, 6) is 0. The average molecular weight is 419 g/mol. The largest absolute Gasteiger partial charge is 0.571 e. The number of rotatable bonds is 3. The molecule has 0 amide bonds. The Hall–Kier alpha value is -1.82. The Labute approximate surface area is 162 Å². The Morgan fingerprint density at radius 2 is 1.68 bits per heavy atom. The Morgan fingerprint density at radius 1 is 0.960 bits per heavy atom. The van der Waals surface area contributed by atoms with Gasteiger partial charge in [-0.05, 0) is 29.8 Å². The van der Waals surface area contributed by atoms with E-state index in [1.165, 1.54) is 11.3 Å². The molecular formula is C18H13N2O2S2Zn-. The van der Waals surface area contributed by atoms with Crippen molar-refractivity contribution in [2.24, 2.45) is 0 Å². The molecule has 0 saturated carbocycles. The molecular weight excluding hydrogens is 406 g/mol. The smallest absolute Gasteiger partial charge is 0.123 e. The van der Waals surface area contributed by atoms with Crippen LogP contribution >= 0.6 is 11.3 Å². The molecule has 122 valence electrons. The van der Waals surface area contributed by atoms with Crippen molar-refractivity contribution < 1.29 is 27.9 Å². The molecule has 4 rings (SSSR count). The van der Waals surface area contributed by atoms with Crippen LogP contribution in [0.15, 0.2) is 65.6 Å². The number of fused-ring (bicyclic) bond motifs is 2. The molecule has 0 bridgehead atoms. The second-order valence-corrected chi connectivity index (χ2v) is 8.21. The molecule has 0 fully saturated rings. The van der Waals surface area contributed by atoms with Crippen molar-refractivity contribution in [3.8, 4) is 0 Å². The number of para-hydroxylation sites is 1. The Kier molecular flexibility index (Phi) is 4.91. The van der Waals surface area contributed by atoms with E-state index in [4.69, 9.17) is 0 Å². The van der Waals surface area contributed by atoms with Gasteiger partial charge >= 0.3 is 0 Å². The van der Waals surface area contributed by atoms with Gasteiger partial charge in [-0.25, -0.2) is 13.4 Å². The fourth-order valence-corrected chi connectivity index (χ4v) is 4.79. The van der Waals surface area contributed by atoms with E-state index in [0.717, 1.165) is 15.1 Å². The Balaban J connectivity index is 0.00000182. The first-order valence-electron chi connectivity index (χ1n) is 7.36. The minimum Gasteiger partial charge on any atom is -0.571 e. The van der Waals surface area contributed by atoms with Crippen LogP contribution in [-0.2, 0) is 29.5 Å². The summed E-state index contributed by atoms with van der Waals surface area (Å²) < 4.78 is 30.8. The number of hydrogen-bond donors (Lipinski definition) is 0. The molecule has 7 heteroatoms. The molecule has 0 aliphatic heterocycles. The van der Waals surface area contributed by atoms with Crippen molar-refractivity contribution in [3.05, 3.63) is 70.4 Å². The minimum absolute atomic E-state index is 0. The van der Waals surface area contributed by atoms with Gasteiger partial charge in [-0.1, -0.05) is 48.5 Å². The first-order chi connectivity index (χ1) is 11.5. The minimum atomic E-state index is -3.83. The van der Waals surface area contributed by atoms with E-state index in [2.05, 4.69) is 9.71 Å². The second kappa shape index (κ2) is 6.83. The van der Waals surface area contributed by atoms with Crippen LogP contribution in [0.5, 0.6) is 0 Å². The van der Waals surface area contributed by atoms with E-state index >= 15 is 0 Å². The molecule has 0 saturated heterocycles. The van der Waals surface area contributed by atoms with Crippen LogP contribution in [0.4, 0.5) is 5.69 Å². The summed E-state index contributed by atoms with van der Waals surface area (Å²) >= 11 is 1.52. The third-order valence-electron chi connectivity index (χ3n) is 3.75. The molecule has 0 N–H and O–H groups in total. The fraction of sp³-hybridized carbons (Fsp3) is 0.0556. The molecule has 3 aromatic carbocycles. The topological polar surface area (TPSA) is 61.1 Å². The van der Waals surface area contributed by atoms with Gasteiger partial charge in [0.2, 0.25) is 0 Å². The molecule has 0 aliphatic carbocycles. The first kappa shape index (κ1) is 18.0. The summed E-state index contributed by atoms with van der Waals surface area (Å²) in [6, 6.07) is 18.0. The van der Waals surface area contributed by atoms with Crippen LogP contribution in [0.2, 0.25) is 0 Å². The third-order valence-corrected chi connectivity index (χ3v) is 6.04. The maximum atomic E-state index is 12.9. The van der Waals surface area contributed by atoms with E-state index in [1.807, 2.05) is 37.3 Å². The molecule has 0 atom stereocenters. The van der Waals surface area contributed by atoms with Gasteiger partial charge in [0.15, 0.2) is 0 Å². The van der Waals surface area contributed by atoms with Crippen LogP contribution in [0.3, 0.4) is 0 Å². The van der Waals surface area contributed by atoms with Gasteiger partial charge < -0.3 is 4.72 Å². The molecule has 25 heavy (non-hydrogen) atoms. The van der Waals surface area contributed by atoms with Gasteiger partial charge in [0.1, 0.15) is 10.0 Å². The van der Waals surface area contributed by atoms with Gasteiger partial charge in [-0.3, -0.25) is 0 Å². The number of thiazole rings is 1. The quantitative estimate of drug-likeness (QED) is 0.432. The normalized spacial score (nSPS) is 11.4. The molecule has 0 spiro atoms. The maximum absolute atomic E-state index is 12.9. The number of sulfonamides is 1. The summed E-state index contributed by atoms with van der Waals surface area (Å²) in [7, 11) is -3.83. The Morgan fingerprint density at radius 3 is 2.52 bits per heavy atom. The SMILES string of the molecule is Cc1nc2c([N-]S(=O)(=O)c3cccc4ccccc34)cccc2s1.[Zn]. The predicted molar refractivity (Wildman–Crippen MR) is 98.5 cm³/mol. The Bertz CT molecular complexity index is 1160. The fourth-order valence-electron chi connectivity index (χ4n) is 2.72. The number of aromatic nitrogens is 1. The van der Waals surface area contributed by atoms with Gasteiger partial charge in [0.05, 0.1) is 20.1 Å². The summed E-state index contributed by atoms with van der Waals surface area (Å²) in [5, 5.41) is 2.43. The van der Waals surface area contributed by atoms with Crippen molar-refractivity contribution in [2.75, 3.05) is 0 Å². The molecule has 4 nitrogen and oxygen atoms in total. The standard InChI is InChI=1S/C18H13N2O2S2.Zn/c1-12-19-18-15(9-5-10-16(18)23-12)20-24(21,22)17-11-4-7-13-6-2-3-8-14(13)17;/h2-11H,1H3;/q-1;. The van der Waals surface area contributed by atoms with Crippen LogP contribution < -0.4 is 0 Å². The van der Waals surface area contributed by atoms with E-state index in [-0.39, 0.29) is 24.4 Å². The molecule has 1 heterocycles. The van der Waals surface area contributed by atoms with Gasteiger partial charge in [0.25, 0.3) is 0 Å². The van der Waals surface area contributed by atoms with E-state index in [1.54, 1.807) is 30.3 Å². The molecule has 0 radical (unpaired) electrons. The van der Waals surface area contributed by atoms with Gasteiger partial charge in [0, 0.05) is 19.5 Å². The van der Waals surface area contributed by atoms with Crippen molar-refractivity contribution in [1.29, 1.82) is 0 Å². The zero-order valence-electron chi connectivity index (χ0n) is 13.5.